The highest BCUT2D eigenvalue weighted by Crippen LogP contribution is 2.20. The zero-order chi connectivity index (χ0) is 16.5. The lowest BCUT2D eigenvalue weighted by Crippen LogP contribution is -2.12. The lowest BCUT2D eigenvalue weighted by atomic mass is 10.1. The molecule has 118 valence electrons. The number of carbonyl (C=O) groups is 1. The van der Waals surface area contributed by atoms with Crippen molar-refractivity contribution in [2.75, 3.05) is 5.32 Å². The van der Waals surface area contributed by atoms with E-state index in [4.69, 9.17) is 4.42 Å². The van der Waals surface area contributed by atoms with E-state index in [2.05, 4.69) is 10.3 Å². The van der Waals surface area contributed by atoms with E-state index in [9.17, 15) is 4.79 Å². The van der Waals surface area contributed by atoms with Crippen molar-refractivity contribution in [3.8, 4) is 5.69 Å². The molecule has 4 aromatic rings. The van der Waals surface area contributed by atoms with Crippen LogP contribution in [0.25, 0.3) is 16.8 Å². The van der Waals surface area contributed by atoms with Gasteiger partial charge in [-0.15, -0.1) is 0 Å². The van der Waals surface area contributed by atoms with Crippen LogP contribution in [0.15, 0.2) is 71.4 Å². The molecular weight excluding hydrogens is 302 g/mol. The summed E-state index contributed by atoms with van der Waals surface area (Å²) in [5.74, 6) is 0.437. The molecule has 0 saturated carbocycles. The highest BCUT2D eigenvalue weighted by atomic mass is 16.3. The number of aromatic nitrogens is 2. The fourth-order valence-electron chi connectivity index (χ4n) is 2.64. The number of hydrogen-bond donors (Lipinski definition) is 1. The van der Waals surface area contributed by atoms with Crippen molar-refractivity contribution in [2.45, 2.75) is 6.92 Å². The Morgan fingerprint density at radius 2 is 1.92 bits per heavy atom. The zero-order valence-corrected chi connectivity index (χ0v) is 13.1. The maximum Gasteiger partial charge on any atom is 0.255 e. The van der Waals surface area contributed by atoms with Gasteiger partial charge >= 0.3 is 0 Å². The van der Waals surface area contributed by atoms with Gasteiger partial charge in [0.1, 0.15) is 5.52 Å². The number of oxazole rings is 1. The molecule has 0 saturated heterocycles. The van der Waals surface area contributed by atoms with Crippen molar-refractivity contribution < 1.29 is 9.21 Å². The second-order valence-electron chi connectivity index (χ2n) is 5.51. The summed E-state index contributed by atoms with van der Waals surface area (Å²) in [7, 11) is 0. The molecule has 0 aliphatic carbocycles. The van der Waals surface area contributed by atoms with Gasteiger partial charge in [-0.3, -0.25) is 4.79 Å². The summed E-state index contributed by atoms with van der Waals surface area (Å²) >= 11 is 0. The molecule has 5 heteroatoms. The van der Waals surface area contributed by atoms with Crippen molar-refractivity contribution in [3.63, 3.8) is 0 Å². The van der Waals surface area contributed by atoms with Crippen LogP contribution in [0.3, 0.4) is 0 Å². The minimum atomic E-state index is -0.167. The zero-order valence-electron chi connectivity index (χ0n) is 13.1. The Hall–Kier alpha value is -3.34. The van der Waals surface area contributed by atoms with Gasteiger partial charge in [0.25, 0.3) is 5.91 Å². The Morgan fingerprint density at radius 3 is 2.75 bits per heavy atom. The first-order valence-corrected chi connectivity index (χ1v) is 7.61. The van der Waals surface area contributed by atoms with Gasteiger partial charge in [-0.1, -0.05) is 6.07 Å². The SMILES string of the molecule is Cc1nc2ccc(NC(=O)c3cccc(-n4cccc4)c3)cc2o1. The van der Waals surface area contributed by atoms with Gasteiger partial charge in [-0.25, -0.2) is 4.98 Å². The number of anilines is 1. The Morgan fingerprint density at radius 1 is 1.08 bits per heavy atom. The molecule has 2 heterocycles. The molecule has 0 aliphatic heterocycles. The average Bonchev–Trinajstić information content (AvgIpc) is 3.23. The molecule has 5 nitrogen and oxygen atoms in total. The number of fused-ring (bicyclic) bond motifs is 1. The van der Waals surface area contributed by atoms with E-state index in [0.717, 1.165) is 11.2 Å². The van der Waals surface area contributed by atoms with E-state index in [1.807, 2.05) is 59.4 Å². The van der Waals surface area contributed by atoms with E-state index in [0.29, 0.717) is 22.7 Å². The number of nitrogens with one attached hydrogen (secondary N) is 1. The van der Waals surface area contributed by atoms with Gasteiger partial charge in [-0.05, 0) is 42.5 Å². The second kappa shape index (κ2) is 5.70. The van der Waals surface area contributed by atoms with Crippen LogP contribution < -0.4 is 5.32 Å². The first kappa shape index (κ1) is 14.3. The van der Waals surface area contributed by atoms with Crippen LogP contribution in [0, 0.1) is 6.92 Å². The van der Waals surface area contributed by atoms with Gasteiger partial charge < -0.3 is 14.3 Å². The Balaban J connectivity index is 1.60. The largest absolute Gasteiger partial charge is 0.441 e. The first-order valence-electron chi connectivity index (χ1n) is 7.61. The lowest BCUT2D eigenvalue weighted by molar-refractivity contribution is 0.102. The van der Waals surface area contributed by atoms with Gasteiger partial charge in [0.15, 0.2) is 11.5 Å². The minimum absolute atomic E-state index is 0.167. The molecule has 0 atom stereocenters. The molecule has 0 fully saturated rings. The molecule has 1 N–H and O–H groups in total. The van der Waals surface area contributed by atoms with Gasteiger partial charge in [0, 0.05) is 42.3 Å². The number of rotatable bonds is 3. The van der Waals surface area contributed by atoms with Crippen LogP contribution in [-0.4, -0.2) is 15.5 Å². The number of amides is 1. The van der Waals surface area contributed by atoms with Crippen LogP contribution in [0.4, 0.5) is 5.69 Å². The molecule has 0 unspecified atom stereocenters. The highest BCUT2D eigenvalue weighted by molar-refractivity contribution is 6.05. The summed E-state index contributed by atoms with van der Waals surface area (Å²) < 4.78 is 7.46. The molecule has 24 heavy (non-hydrogen) atoms. The number of nitrogens with zero attached hydrogens (tertiary/aromatic N) is 2. The number of aryl methyl sites for hydroxylation is 1. The minimum Gasteiger partial charge on any atom is -0.441 e. The molecule has 0 aliphatic rings. The maximum atomic E-state index is 12.5. The van der Waals surface area contributed by atoms with Crippen LogP contribution in [0.2, 0.25) is 0 Å². The molecule has 0 bridgehead atoms. The summed E-state index contributed by atoms with van der Waals surface area (Å²) in [4.78, 5) is 16.8. The normalized spacial score (nSPS) is 10.9. The summed E-state index contributed by atoms with van der Waals surface area (Å²) in [5.41, 5.74) is 3.64. The fourth-order valence-corrected chi connectivity index (χ4v) is 2.64. The van der Waals surface area contributed by atoms with Gasteiger partial charge in [0.2, 0.25) is 0 Å². The quantitative estimate of drug-likeness (QED) is 0.616. The van der Waals surface area contributed by atoms with E-state index in [1.54, 1.807) is 19.1 Å². The third kappa shape index (κ3) is 2.67. The van der Waals surface area contributed by atoms with E-state index < -0.39 is 0 Å². The highest BCUT2D eigenvalue weighted by Gasteiger charge is 2.09. The number of hydrogen-bond acceptors (Lipinski definition) is 3. The number of benzene rings is 2. The predicted octanol–water partition coefficient (Wildman–Crippen LogP) is 4.18. The Bertz CT molecular complexity index is 1020. The van der Waals surface area contributed by atoms with Crippen LogP contribution in [0.5, 0.6) is 0 Å². The first-order chi connectivity index (χ1) is 11.7. The molecule has 0 radical (unpaired) electrons. The van der Waals surface area contributed by atoms with E-state index in [-0.39, 0.29) is 5.91 Å². The maximum absolute atomic E-state index is 12.5. The predicted molar refractivity (Wildman–Crippen MR) is 92.5 cm³/mol. The van der Waals surface area contributed by atoms with Crippen molar-refractivity contribution in [3.05, 3.63) is 78.4 Å². The van der Waals surface area contributed by atoms with Crippen molar-refractivity contribution in [1.82, 2.24) is 9.55 Å². The standard InChI is InChI=1S/C19H15N3O2/c1-13-20-17-8-7-15(12-18(17)24-13)21-19(23)14-5-4-6-16(11-14)22-9-2-3-10-22/h2-12H,1H3,(H,21,23). The van der Waals surface area contributed by atoms with Crippen LogP contribution >= 0.6 is 0 Å². The molecule has 2 aromatic carbocycles. The topological polar surface area (TPSA) is 60.1 Å². The van der Waals surface area contributed by atoms with Gasteiger partial charge in [0.05, 0.1) is 0 Å². The van der Waals surface area contributed by atoms with Gasteiger partial charge in [-0.2, -0.15) is 0 Å². The summed E-state index contributed by atoms with van der Waals surface area (Å²) in [5, 5.41) is 2.90. The average molecular weight is 317 g/mol. The summed E-state index contributed by atoms with van der Waals surface area (Å²) in [6.45, 7) is 1.80. The fraction of sp³-hybridized carbons (Fsp3) is 0.0526. The molecular formula is C19H15N3O2. The Kier molecular flexibility index (Phi) is 3.39. The molecule has 4 rings (SSSR count). The van der Waals surface area contributed by atoms with E-state index in [1.165, 1.54) is 0 Å². The smallest absolute Gasteiger partial charge is 0.255 e. The van der Waals surface area contributed by atoms with E-state index >= 15 is 0 Å². The monoisotopic (exact) mass is 317 g/mol. The third-order valence-corrected chi connectivity index (χ3v) is 3.76. The van der Waals surface area contributed by atoms with Crippen LogP contribution in [-0.2, 0) is 0 Å². The lowest BCUT2D eigenvalue weighted by Gasteiger charge is -2.08. The Labute approximate surface area is 138 Å². The van der Waals surface area contributed by atoms with Crippen molar-refractivity contribution >= 4 is 22.7 Å². The summed E-state index contributed by atoms with van der Waals surface area (Å²) in [6.07, 6.45) is 3.88. The molecule has 1 amide bonds. The third-order valence-electron chi connectivity index (χ3n) is 3.76. The van der Waals surface area contributed by atoms with Crippen molar-refractivity contribution in [1.29, 1.82) is 0 Å². The number of carbonyl (C=O) groups excluding carboxylic acids is 1. The molecule has 2 aromatic heterocycles. The van der Waals surface area contributed by atoms with Crippen LogP contribution in [0.1, 0.15) is 16.2 Å². The summed E-state index contributed by atoms with van der Waals surface area (Å²) in [6, 6.07) is 16.8. The second-order valence-corrected chi connectivity index (χ2v) is 5.51. The molecule has 0 spiro atoms. The van der Waals surface area contributed by atoms with Crippen molar-refractivity contribution in [2.24, 2.45) is 0 Å².